The standard InChI is InChI=1S/C35H51NO4Si/c1-14-40-35(37)32-30(15-16-41(21(2)3,22(4)5)23(6)7)36(32)31(28-17-24(8)33(38-12)25(9)18-28)29-19-26(10)34(39-13)27(11)20-29/h17-23,30-32H,14H2,1-13H3/t30-,32-,36?/m0/s1. The largest absolute Gasteiger partial charge is 0.496 e. The molecular weight excluding hydrogens is 526 g/mol. The summed E-state index contributed by atoms with van der Waals surface area (Å²) in [6.45, 7) is 24.5. The molecule has 2 aromatic carbocycles. The van der Waals surface area contributed by atoms with Gasteiger partial charge in [-0.2, -0.15) is 0 Å². The summed E-state index contributed by atoms with van der Waals surface area (Å²) in [6, 6.07) is 7.93. The second kappa shape index (κ2) is 13.0. The molecule has 3 rings (SSSR count). The zero-order valence-corrected chi connectivity index (χ0v) is 28.6. The molecule has 1 heterocycles. The molecule has 1 fully saturated rings. The number of carbonyl (C=O) groups is 1. The van der Waals surface area contributed by atoms with Gasteiger partial charge < -0.3 is 14.2 Å². The summed E-state index contributed by atoms with van der Waals surface area (Å²) in [5, 5.41) is 0. The summed E-state index contributed by atoms with van der Waals surface area (Å²) in [5.74, 6) is 5.27. The van der Waals surface area contributed by atoms with Gasteiger partial charge in [-0.15, -0.1) is 5.54 Å². The van der Waals surface area contributed by atoms with Crippen LogP contribution in [0.4, 0.5) is 0 Å². The van der Waals surface area contributed by atoms with E-state index in [1.165, 1.54) is 0 Å². The molecule has 0 aliphatic carbocycles. The topological polar surface area (TPSA) is 47.8 Å². The van der Waals surface area contributed by atoms with E-state index in [9.17, 15) is 4.79 Å². The third-order valence-electron chi connectivity index (χ3n) is 8.99. The SMILES string of the molecule is CCOC(=O)[C@@H]1[C@H](C#C[Si](C(C)C)(C(C)C)C(C)C)N1C(c1cc(C)c(OC)c(C)c1)c1cc(C)c(OC)c(C)c1. The summed E-state index contributed by atoms with van der Waals surface area (Å²) in [4.78, 5) is 15.7. The Hall–Kier alpha value is -2.75. The first kappa shape index (κ1) is 32.8. The van der Waals surface area contributed by atoms with Crippen molar-refractivity contribution in [3.05, 3.63) is 57.6 Å². The van der Waals surface area contributed by atoms with E-state index in [0.29, 0.717) is 23.2 Å². The lowest BCUT2D eigenvalue weighted by Crippen LogP contribution is -2.43. The lowest BCUT2D eigenvalue weighted by atomic mass is 9.92. The monoisotopic (exact) mass is 577 g/mol. The van der Waals surface area contributed by atoms with Crippen LogP contribution in [0.2, 0.25) is 16.6 Å². The molecular formula is C35H51NO4Si. The van der Waals surface area contributed by atoms with Crippen molar-refractivity contribution in [1.29, 1.82) is 0 Å². The van der Waals surface area contributed by atoms with Gasteiger partial charge in [-0.25, -0.2) is 0 Å². The summed E-state index contributed by atoms with van der Waals surface area (Å²) < 4.78 is 17.0. The minimum atomic E-state index is -1.99. The number of rotatable bonds is 10. The highest BCUT2D eigenvalue weighted by atomic mass is 28.3. The Labute approximate surface area is 250 Å². The summed E-state index contributed by atoms with van der Waals surface area (Å²) in [7, 11) is 1.43. The van der Waals surface area contributed by atoms with E-state index < -0.39 is 14.1 Å². The summed E-state index contributed by atoms with van der Waals surface area (Å²) >= 11 is 0. The maximum Gasteiger partial charge on any atom is 0.326 e. The Morgan fingerprint density at radius 3 is 1.51 bits per heavy atom. The van der Waals surface area contributed by atoms with Crippen molar-refractivity contribution in [2.75, 3.05) is 20.8 Å². The molecule has 5 nitrogen and oxygen atoms in total. The lowest BCUT2D eigenvalue weighted by Gasteiger charge is -2.38. The van der Waals surface area contributed by atoms with Gasteiger partial charge in [0, 0.05) is 0 Å². The van der Waals surface area contributed by atoms with E-state index in [1.54, 1.807) is 14.2 Å². The molecule has 0 N–H and O–H groups in total. The Morgan fingerprint density at radius 1 is 0.805 bits per heavy atom. The van der Waals surface area contributed by atoms with Gasteiger partial charge in [-0.1, -0.05) is 71.7 Å². The number of benzene rings is 2. The van der Waals surface area contributed by atoms with Gasteiger partial charge in [0.15, 0.2) is 0 Å². The van der Waals surface area contributed by atoms with Crippen molar-refractivity contribution in [1.82, 2.24) is 4.90 Å². The van der Waals surface area contributed by atoms with Gasteiger partial charge in [0.1, 0.15) is 25.6 Å². The number of carbonyl (C=O) groups excluding carboxylic acids is 1. The third-order valence-corrected chi connectivity index (χ3v) is 15.3. The Bertz CT molecular complexity index is 1190. The van der Waals surface area contributed by atoms with Crippen molar-refractivity contribution < 1.29 is 19.0 Å². The molecule has 0 amide bonds. The molecule has 1 unspecified atom stereocenters. The number of methoxy groups -OCH3 is 2. The van der Waals surface area contributed by atoms with E-state index >= 15 is 0 Å². The van der Waals surface area contributed by atoms with Crippen molar-refractivity contribution in [3.8, 4) is 23.0 Å². The fourth-order valence-corrected chi connectivity index (χ4v) is 12.6. The van der Waals surface area contributed by atoms with Crippen LogP contribution in [0, 0.1) is 39.2 Å². The first-order valence-corrected chi connectivity index (χ1v) is 17.3. The highest BCUT2D eigenvalue weighted by Gasteiger charge is 2.57. The van der Waals surface area contributed by atoms with Gasteiger partial charge in [0.25, 0.3) is 0 Å². The van der Waals surface area contributed by atoms with Gasteiger partial charge in [0.05, 0.1) is 32.9 Å². The smallest absolute Gasteiger partial charge is 0.326 e. The quantitative estimate of drug-likeness (QED) is 0.124. The van der Waals surface area contributed by atoms with Crippen LogP contribution in [0.25, 0.3) is 0 Å². The predicted octanol–water partition coefficient (Wildman–Crippen LogP) is 7.86. The zero-order valence-electron chi connectivity index (χ0n) is 27.6. The highest BCUT2D eigenvalue weighted by molar-refractivity contribution is 6.90. The first-order chi connectivity index (χ1) is 19.3. The van der Waals surface area contributed by atoms with E-state index in [-0.39, 0.29) is 18.1 Å². The predicted molar refractivity (Wildman–Crippen MR) is 172 cm³/mol. The molecule has 6 heteroatoms. The second-order valence-corrected chi connectivity index (χ2v) is 18.1. The van der Waals surface area contributed by atoms with E-state index in [1.807, 2.05) is 6.92 Å². The molecule has 0 spiro atoms. The summed E-state index contributed by atoms with van der Waals surface area (Å²) in [6.07, 6.45) is 0. The average molecular weight is 578 g/mol. The minimum absolute atomic E-state index is 0.177. The zero-order chi connectivity index (χ0) is 30.8. The highest BCUT2D eigenvalue weighted by Crippen LogP contribution is 2.47. The van der Waals surface area contributed by atoms with E-state index in [0.717, 1.165) is 44.9 Å². The van der Waals surface area contributed by atoms with E-state index in [2.05, 4.69) is 110 Å². The molecule has 0 aromatic heterocycles. The Morgan fingerprint density at radius 2 is 1.20 bits per heavy atom. The van der Waals surface area contributed by atoms with Gasteiger partial charge in [-0.3, -0.25) is 9.69 Å². The molecule has 0 radical (unpaired) electrons. The number of hydrogen-bond acceptors (Lipinski definition) is 5. The molecule has 3 atom stereocenters. The molecule has 2 aromatic rings. The molecule has 224 valence electrons. The third kappa shape index (κ3) is 6.22. The van der Waals surface area contributed by atoms with Crippen LogP contribution in [0.3, 0.4) is 0 Å². The number of nitrogens with zero attached hydrogens (tertiary/aromatic N) is 1. The minimum Gasteiger partial charge on any atom is -0.496 e. The average Bonchev–Trinajstić information content (AvgIpc) is 3.57. The fourth-order valence-electron chi connectivity index (χ4n) is 7.30. The molecule has 1 aliphatic heterocycles. The van der Waals surface area contributed by atoms with Crippen molar-refractivity contribution >= 4 is 14.0 Å². The van der Waals surface area contributed by atoms with Crippen molar-refractivity contribution in [2.45, 2.75) is 111 Å². The lowest BCUT2D eigenvalue weighted by molar-refractivity contribution is -0.143. The second-order valence-electron chi connectivity index (χ2n) is 12.5. The molecule has 0 bridgehead atoms. The Kier molecular flexibility index (Phi) is 10.4. The van der Waals surface area contributed by atoms with Crippen molar-refractivity contribution in [2.24, 2.45) is 0 Å². The molecule has 1 aliphatic rings. The van der Waals surface area contributed by atoms with Crippen molar-refractivity contribution in [3.63, 3.8) is 0 Å². The van der Waals surface area contributed by atoms with Crippen LogP contribution in [-0.4, -0.2) is 51.9 Å². The Balaban J connectivity index is 2.27. The first-order valence-electron chi connectivity index (χ1n) is 15.0. The fraction of sp³-hybridized carbons (Fsp3) is 0.571. The number of hydrogen-bond donors (Lipinski definition) is 0. The van der Waals surface area contributed by atoms with Crippen LogP contribution in [0.1, 0.15) is 87.9 Å². The summed E-state index contributed by atoms with van der Waals surface area (Å²) in [5.41, 5.74) is 11.9. The van der Waals surface area contributed by atoms with Crippen LogP contribution >= 0.6 is 0 Å². The number of aryl methyl sites for hydroxylation is 4. The van der Waals surface area contributed by atoms with Crippen LogP contribution in [0.15, 0.2) is 24.3 Å². The van der Waals surface area contributed by atoms with Crippen LogP contribution in [0.5, 0.6) is 11.5 Å². The maximum absolute atomic E-state index is 13.4. The van der Waals surface area contributed by atoms with Crippen LogP contribution in [-0.2, 0) is 9.53 Å². The molecule has 1 saturated heterocycles. The van der Waals surface area contributed by atoms with Gasteiger partial charge in [-0.05, 0) is 84.6 Å². The van der Waals surface area contributed by atoms with Crippen LogP contribution < -0.4 is 9.47 Å². The number of esters is 1. The normalized spacial score (nSPS) is 18.5. The van der Waals surface area contributed by atoms with Gasteiger partial charge in [0.2, 0.25) is 0 Å². The van der Waals surface area contributed by atoms with E-state index in [4.69, 9.17) is 14.2 Å². The molecule has 41 heavy (non-hydrogen) atoms. The van der Waals surface area contributed by atoms with Gasteiger partial charge >= 0.3 is 5.97 Å². The maximum atomic E-state index is 13.4. The number of ether oxygens (including phenoxy) is 3. The molecule has 0 saturated carbocycles.